The molecule has 3 heterocycles. The Balaban J connectivity index is 1.42. The first-order valence-electron chi connectivity index (χ1n) is 8.99. The fourth-order valence-corrected chi connectivity index (χ4v) is 3.86. The van der Waals surface area contributed by atoms with Crippen LogP contribution in [0, 0.1) is 18.3 Å². The molecule has 5 rings (SSSR count). The van der Waals surface area contributed by atoms with Crippen molar-refractivity contribution in [3.8, 4) is 6.07 Å². The van der Waals surface area contributed by atoms with Gasteiger partial charge >= 0.3 is 0 Å². The molecule has 0 atom stereocenters. The van der Waals surface area contributed by atoms with Crippen molar-refractivity contribution in [3.05, 3.63) is 71.7 Å². The average Bonchev–Trinajstić information content (AvgIpc) is 3.43. The summed E-state index contributed by atoms with van der Waals surface area (Å²) in [6, 6.07) is 19.7. The molecule has 0 saturated carbocycles. The molecule has 0 aliphatic rings. The van der Waals surface area contributed by atoms with Gasteiger partial charge in [0, 0.05) is 6.08 Å². The van der Waals surface area contributed by atoms with Gasteiger partial charge in [-0.15, -0.1) is 0 Å². The van der Waals surface area contributed by atoms with Crippen LogP contribution in [0.25, 0.3) is 33.7 Å². The average molecular weight is 397 g/mol. The minimum Gasteiger partial charge on any atom is -0.450 e. The Labute approximate surface area is 170 Å². The van der Waals surface area contributed by atoms with Crippen LogP contribution < -0.4 is 0 Å². The van der Waals surface area contributed by atoms with Gasteiger partial charge in [-0.3, -0.25) is 0 Å². The Hall–Kier alpha value is -3.76. The predicted molar refractivity (Wildman–Crippen MR) is 113 cm³/mol. The maximum atomic E-state index is 9.60. The summed E-state index contributed by atoms with van der Waals surface area (Å²) >= 11 is 1.40. The molecule has 0 aliphatic heterocycles. The molecule has 0 spiro atoms. The fraction of sp³-hybridized carbons (Fsp3) is 0.0455. The maximum absolute atomic E-state index is 9.60. The SMILES string of the molecule is Cc1ccc2nc(/C(C#N)=C\c3ccc(Sc4nc5ccccc5[nH]4)o3)[nH]c2c1. The molecule has 5 aromatic rings. The highest BCUT2D eigenvalue weighted by molar-refractivity contribution is 7.99. The van der Waals surface area contributed by atoms with E-state index >= 15 is 0 Å². The Morgan fingerprint density at radius 2 is 1.90 bits per heavy atom. The first kappa shape index (κ1) is 17.3. The van der Waals surface area contributed by atoms with Crippen molar-refractivity contribution < 1.29 is 4.42 Å². The van der Waals surface area contributed by atoms with Gasteiger partial charge in [0.05, 0.1) is 27.6 Å². The smallest absolute Gasteiger partial charge is 0.174 e. The van der Waals surface area contributed by atoms with Crippen LogP contribution in [0.15, 0.2) is 69.3 Å². The molecule has 0 unspecified atom stereocenters. The second kappa shape index (κ2) is 7.00. The largest absolute Gasteiger partial charge is 0.450 e. The monoisotopic (exact) mass is 397 g/mol. The van der Waals surface area contributed by atoms with Crippen LogP contribution in [0.2, 0.25) is 0 Å². The number of imidazole rings is 2. The number of furan rings is 1. The fourth-order valence-electron chi connectivity index (χ4n) is 3.09. The predicted octanol–water partition coefficient (Wildman–Crippen LogP) is 5.56. The highest BCUT2D eigenvalue weighted by Gasteiger charge is 2.11. The lowest BCUT2D eigenvalue weighted by atomic mass is 10.2. The number of nitriles is 1. The second-order valence-electron chi connectivity index (χ2n) is 6.59. The molecule has 3 aromatic heterocycles. The van der Waals surface area contributed by atoms with Crippen molar-refractivity contribution in [2.24, 2.45) is 0 Å². The maximum Gasteiger partial charge on any atom is 0.174 e. The van der Waals surface area contributed by atoms with E-state index in [4.69, 9.17) is 4.42 Å². The van der Waals surface area contributed by atoms with E-state index in [0.717, 1.165) is 32.8 Å². The molecule has 0 bridgehead atoms. The lowest BCUT2D eigenvalue weighted by molar-refractivity contribution is 0.466. The van der Waals surface area contributed by atoms with Crippen molar-refractivity contribution in [2.75, 3.05) is 0 Å². The first-order chi connectivity index (χ1) is 14.2. The molecule has 2 aromatic carbocycles. The molecule has 0 saturated heterocycles. The molecular weight excluding hydrogens is 382 g/mol. The molecular formula is C22H15N5OS. The zero-order valence-corrected chi connectivity index (χ0v) is 16.2. The number of fused-ring (bicyclic) bond motifs is 2. The summed E-state index contributed by atoms with van der Waals surface area (Å²) in [4.78, 5) is 15.5. The summed E-state index contributed by atoms with van der Waals surface area (Å²) in [6.07, 6.45) is 1.69. The number of aromatic nitrogens is 4. The zero-order valence-electron chi connectivity index (χ0n) is 15.4. The Kier molecular flexibility index (Phi) is 4.19. The van der Waals surface area contributed by atoms with Gasteiger partial charge in [0.2, 0.25) is 0 Å². The van der Waals surface area contributed by atoms with Gasteiger partial charge in [-0.25, -0.2) is 9.97 Å². The number of hydrogen-bond acceptors (Lipinski definition) is 5. The quantitative estimate of drug-likeness (QED) is 0.387. The number of allylic oxidation sites excluding steroid dienone is 1. The second-order valence-corrected chi connectivity index (χ2v) is 7.59. The standard InChI is InChI=1S/C22H15N5OS/c1-13-6-8-18-19(10-13)25-21(24-18)14(12-23)11-15-7-9-20(28-15)29-22-26-16-4-2-3-5-17(16)27-22/h2-11H,1H3,(H,24,25)(H,26,27)/b14-11-. The number of aryl methyl sites for hydroxylation is 1. The summed E-state index contributed by atoms with van der Waals surface area (Å²) in [6.45, 7) is 2.02. The molecule has 0 radical (unpaired) electrons. The van der Waals surface area contributed by atoms with Crippen LogP contribution in [0.1, 0.15) is 17.1 Å². The lowest BCUT2D eigenvalue weighted by Gasteiger charge is -1.93. The van der Waals surface area contributed by atoms with Crippen LogP contribution in [0.3, 0.4) is 0 Å². The van der Waals surface area contributed by atoms with Crippen molar-refractivity contribution in [1.82, 2.24) is 19.9 Å². The van der Waals surface area contributed by atoms with Crippen LogP contribution in [-0.4, -0.2) is 19.9 Å². The van der Waals surface area contributed by atoms with Gasteiger partial charge in [-0.05, 0) is 60.6 Å². The molecule has 0 fully saturated rings. The molecule has 29 heavy (non-hydrogen) atoms. The number of nitrogens with zero attached hydrogens (tertiary/aromatic N) is 3. The first-order valence-corrected chi connectivity index (χ1v) is 9.80. The zero-order chi connectivity index (χ0) is 19.8. The van der Waals surface area contributed by atoms with Gasteiger partial charge in [0.25, 0.3) is 0 Å². The highest BCUT2D eigenvalue weighted by Crippen LogP contribution is 2.30. The van der Waals surface area contributed by atoms with Gasteiger partial charge in [-0.2, -0.15) is 5.26 Å². The van der Waals surface area contributed by atoms with E-state index in [1.165, 1.54) is 11.8 Å². The Morgan fingerprint density at radius 3 is 2.76 bits per heavy atom. The van der Waals surface area contributed by atoms with Crippen molar-refractivity contribution in [1.29, 1.82) is 5.26 Å². The number of aromatic amines is 2. The Bertz CT molecular complexity index is 1380. The summed E-state index contributed by atoms with van der Waals surface area (Å²) in [5.74, 6) is 1.10. The minimum absolute atomic E-state index is 0.411. The highest BCUT2D eigenvalue weighted by atomic mass is 32.2. The number of H-pyrrole nitrogens is 2. The molecule has 0 aliphatic carbocycles. The summed E-state index contributed by atoms with van der Waals surface area (Å²) in [7, 11) is 0. The van der Waals surface area contributed by atoms with E-state index in [1.807, 2.05) is 61.5 Å². The number of benzene rings is 2. The number of nitrogens with one attached hydrogen (secondary N) is 2. The van der Waals surface area contributed by atoms with E-state index in [9.17, 15) is 5.26 Å². The van der Waals surface area contributed by atoms with Gasteiger partial charge in [-0.1, -0.05) is 18.2 Å². The van der Waals surface area contributed by atoms with Gasteiger partial charge in [0.1, 0.15) is 17.7 Å². The van der Waals surface area contributed by atoms with E-state index in [1.54, 1.807) is 6.08 Å². The van der Waals surface area contributed by atoms with E-state index in [2.05, 4.69) is 26.0 Å². The summed E-state index contributed by atoms with van der Waals surface area (Å²) in [5, 5.41) is 11.0. The van der Waals surface area contributed by atoms with E-state index in [-0.39, 0.29) is 0 Å². The Morgan fingerprint density at radius 1 is 1.03 bits per heavy atom. The summed E-state index contributed by atoms with van der Waals surface area (Å²) in [5.41, 5.74) is 5.16. The molecule has 0 amide bonds. The van der Waals surface area contributed by atoms with Crippen molar-refractivity contribution in [2.45, 2.75) is 17.2 Å². The van der Waals surface area contributed by atoms with Crippen molar-refractivity contribution >= 4 is 45.5 Å². The van der Waals surface area contributed by atoms with E-state index < -0.39 is 0 Å². The van der Waals surface area contributed by atoms with Crippen molar-refractivity contribution in [3.63, 3.8) is 0 Å². The minimum atomic E-state index is 0.411. The lowest BCUT2D eigenvalue weighted by Crippen LogP contribution is -1.84. The number of rotatable bonds is 4. The number of hydrogen-bond donors (Lipinski definition) is 2. The molecule has 6 nitrogen and oxygen atoms in total. The molecule has 2 N–H and O–H groups in total. The van der Waals surface area contributed by atoms with Crippen LogP contribution in [-0.2, 0) is 0 Å². The third kappa shape index (κ3) is 3.42. The summed E-state index contributed by atoms with van der Waals surface area (Å²) < 4.78 is 5.86. The third-order valence-electron chi connectivity index (χ3n) is 4.47. The number of para-hydroxylation sites is 2. The normalized spacial score (nSPS) is 11.9. The molecule has 140 valence electrons. The van der Waals surface area contributed by atoms with E-state index in [0.29, 0.717) is 22.3 Å². The molecule has 7 heteroatoms. The van der Waals surface area contributed by atoms with Crippen LogP contribution in [0.4, 0.5) is 0 Å². The van der Waals surface area contributed by atoms with Gasteiger partial charge < -0.3 is 14.4 Å². The van der Waals surface area contributed by atoms with Gasteiger partial charge in [0.15, 0.2) is 10.2 Å². The third-order valence-corrected chi connectivity index (χ3v) is 5.27. The van der Waals surface area contributed by atoms with Crippen LogP contribution >= 0.6 is 11.8 Å². The topological polar surface area (TPSA) is 94.3 Å². The van der Waals surface area contributed by atoms with Crippen LogP contribution in [0.5, 0.6) is 0 Å².